The molecule has 0 unspecified atom stereocenters. The molecule has 26 heavy (non-hydrogen) atoms. The molecule has 1 N–H and O–H groups in total. The fourth-order valence-corrected chi connectivity index (χ4v) is 3.70. The van der Waals surface area contributed by atoms with Crippen molar-refractivity contribution in [3.05, 3.63) is 75.4 Å². The molecule has 0 aliphatic carbocycles. The Bertz CT molecular complexity index is 1180. The van der Waals surface area contributed by atoms with E-state index in [2.05, 4.69) is 10.3 Å². The highest BCUT2D eigenvalue weighted by atomic mass is 32.1. The monoisotopic (exact) mass is 365 g/mol. The van der Waals surface area contributed by atoms with Gasteiger partial charge in [-0.15, -0.1) is 0 Å². The third-order valence-corrected chi connectivity index (χ3v) is 5.00. The lowest BCUT2D eigenvalue weighted by atomic mass is 10.2. The van der Waals surface area contributed by atoms with Gasteiger partial charge < -0.3 is 10.1 Å². The van der Waals surface area contributed by atoms with Gasteiger partial charge in [0.1, 0.15) is 10.6 Å². The van der Waals surface area contributed by atoms with Gasteiger partial charge in [-0.3, -0.25) is 14.0 Å². The van der Waals surface area contributed by atoms with E-state index >= 15 is 0 Å². The molecule has 6 nitrogen and oxygen atoms in total. The van der Waals surface area contributed by atoms with Crippen LogP contribution >= 0.6 is 11.3 Å². The quantitative estimate of drug-likeness (QED) is 0.604. The minimum atomic E-state index is -0.301. The fourth-order valence-electron chi connectivity index (χ4n) is 2.75. The maximum atomic E-state index is 12.5. The lowest BCUT2D eigenvalue weighted by molar-refractivity contribution is 0.0954. The number of imidazole rings is 1. The van der Waals surface area contributed by atoms with E-state index in [1.54, 1.807) is 7.11 Å². The number of methoxy groups -OCH3 is 1. The minimum Gasteiger partial charge on any atom is -0.497 e. The van der Waals surface area contributed by atoms with Crippen molar-refractivity contribution in [2.45, 2.75) is 6.54 Å². The van der Waals surface area contributed by atoms with Crippen LogP contribution in [0.4, 0.5) is 0 Å². The van der Waals surface area contributed by atoms with Gasteiger partial charge >= 0.3 is 0 Å². The molecule has 0 aliphatic heterocycles. The smallest absolute Gasteiger partial charge is 0.261 e. The molecule has 4 aromatic rings. The lowest BCUT2D eigenvalue weighted by Gasteiger charge is -2.06. The molecule has 0 saturated heterocycles. The highest BCUT2D eigenvalue weighted by Crippen LogP contribution is 2.19. The number of para-hydroxylation sites is 2. The first-order chi connectivity index (χ1) is 12.7. The summed E-state index contributed by atoms with van der Waals surface area (Å²) in [6, 6.07) is 16.2. The molecule has 2 aromatic heterocycles. The number of nitrogens with one attached hydrogen (secondary N) is 1. The van der Waals surface area contributed by atoms with Crippen molar-refractivity contribution in [2.24, 2.45) is 0 Å². The number of nitrogens with zero attached hydrogens (tertiary/aromatic N) is 2. The normalized spacial score (nSPS) is 11.0. The van der Waals surface area contributed by atoms with Crippen molar-refractivity contribution in [3.8, 4) is 5.75 Å². The molecule has 7 heteroatoms. The number of carbonyl (C=O) groups excluding carboxylic acids is 1. The minimum absolute atomic E-state index is 0.265. The second-order valence-electron chi connectivity index (χ2n) is 5.70. The first-order valence-corrected chi connectivity index (χ1v) is 8.80. The van der Waals surface area contributed by atoms with Crippen LogP contribution in [0.3, 0.4) is 0 Å². The number of hydrogen-bond donors (Lipinski definition) is 1. The Morgan fingerprint density at radius 3 is 2.88 bits per heavy atom. The Kier molecular flexibility index (Phi) is 4.14. The molecule has 130 valence electrons. The predicted octanol–water partition coefficient (Wildman–Crippen LogP) is 2.85. The van der Waals surface area contributed by atoms with Crippen molar-refractivity contribution >= 4 is 33.2 Å². The van der Waals surface area contributed by atoms with Crippen molar-refractivity contribution in [1.82, 2.24) is 14.7 Å². The molecule has 2 heterocycles. The second kappa shape index (κ2) is 6.61. The van der Waals surface area contributed by atoms with E-state index in [0.29, 0.717) is 16.4 Å². The second-order valence-corrected chi connectivity index (χ2v) is 6.71. The van der Waals surface area contributed by atoms with Crippen LogP contribution in [0.1, 0.15) is 15.2 Å². The Morgan fingerprint density at radius 1 is 1.19 bits per heavy atom. The molecule has 4 rings (SSSR count). The van der Waals surface area contributed by atoms with Crippen molar-refractivity contribution in [1.29, 1.82) is 0 Å². The van der Waals surface area contributed by atoms with Gasteiger partial charge in [-0.2, -0.15) is 0 Å². The predicted molar refractivity (Wildman–Crippen MR) is 101 cm³/mol. The standard InChI is InChI=1S/C19H15N3O3S/c1-25-13-6-4-5-12(9-13)11-20-18(24)16-10-17(23)22-15-8-3-2-7-14(15)21-19(22)26-16/h2-10H,11H2,1H3,(H,20,24). The molecule has 0 aliphatic rings. The van der Waals surface area contributed by atoms with Crippen LogP contribution in [0.15, 0.2) is 59.4 Å². The van der Waals surface area contributed by atoms with Gasteiger partial charge in [-0.1, -0.05) is 35.6 Å². The van der Waals surface area contributed by atoms with Crippen LogP contribution in [0, 0.1) is 0 Å². The third-order valence-electron chi connectivity index (χ3n) is 4.02. The molecule has 1 amide bonds. The number of hydrogen-bond acceptors (Lipinski definition) is 5. The number of ether oxygens (including phenoxy) is 1. The molecule has 0 bridgehead atoms. The average Bonchev–Trinajstić information content (AvgIpc) is 3.05. The maximum absolute atomic E-state index is 12.5. The summed E-state index contributed by atoms with van der Waals surface area (Å²) in [7, 11) is 1.60. The number of fused-ring (bicyclic) bond motifs is 3. The van der Waals surface area contributed by atoms with Gasteiger partial charge in [-0.05, 0) is 29.8 Å². The van der Waals surface area contributed by atoms with Gasteiger partial charge in [0.05, 0.1) is 18.1 Å². The van der Waals surface area contributed by atoms with E-state index in [4.69, 9.17) is 4.74 Å². The number of carbonyl (C=O) groups is 1. The van der Waals surface area contributed by atoms with E-state index in [9.17, 15) is 9.59 Å². The fraction of sp³-hybridized carbons (Fsp3) is 0.105. The zero-order chi connectivity index (χ0) is 18.1. The molecular formula is C19H15N3O3S. The van der Waals surface area contributed by atoms with Gasteiger partial charge in [0, 0.05) is 12.6 Å². The summed E-state index contributed by atoms with van der Waals surface area (Å²) in [6.07, 6.45) is 0. The third kappa shape index (κ3) is 2.93. The lowest BCUT2D eigenvalue weighted by Crippen LogP contribution is -2.24. The molecule has 2 aromatic carbocycles. The molecule has 0 fully saturated rings. The van der Waals surface area contributed by atoms with Crippen LogP contribution in [0.25, 0.3) is 16.0 Å². The molecular weight excluding hydrogens is 350 g/mol. The van der Waals surface area contributed by atoms with E-state index in [1.807, 2.05) is 48.5 Å². The highest BCUT2D eigenvalue weighted by Gasteiger charge is 2.13. The van der Waals surface area contributed by atoms with Crippen LogP contribution in [-0.4, -0.2) is 22.4 Å². The topological polar surface area (TPSA) is 72.7 Å². The van der Waals surface area contributed by atoms with E-state index in [1.165, 1.54) is 21.8 Å². The summed E-state index contributed by atoms with van der Waals surface area (Å²) in [6.45, 7) is 0.346. The van der Waals surface area contributed by atoms with E-state index in [-0.39, 0.29) is 11.5 Å². The largest absolute Gasteiger partial charge is 0.497 e. The molecule has 0 atom stereocenters. The van der Waals surface area contributed by atoms with Gasteiger partial charge in [0.25, 0.3) is 11.5 Å². The molecule has 0 radical (unpaired) electrons. The number of benzene rings is 2. The van der Waals surface area contributed by atoms with Gasteiger partial charge in [0.2, 0.25) is 0 Å². The zero-order valence-electron chi connectivity index (χ0n) is 13.9. The van der Waals surface area contributed by atoms with E-state index < -0.39 is 0 Å². The Hall–Kier alpha value is -3.19. The van der Waals surface area contributed by atoms with Crippen molar-refractivity contribution in [2.75, 3.05) is 7.11 Å². The molecule has 0 saturated carbocycles. The van der Waals surface area contributed by atoms with Crippen molar-refractivity contribution < 1.29 is 9.53 Å². The highest BCUT2D eigenvalue weighted by molar-refractivity contribution is 7.18. The van der Waals surface area contributed by atoms with Crippen molar-refractivity contribution in [3.63, 3.8) is 0 Å². The number of rotatable bonds is 4. The SMILES string of the molecule is COc1cccc(CNC(=O)c2cc(=O)n3c(nc4ccccc43)s2)c1. The zero-order valence-corrected chi connectivity index (χ0v) is 14.7. The number of amides is 1. The Labute approximate surface area is 152 Å². The summed E-state index contributed by atoms with van der Waals surface area (Å²) in [5.74, 6) is 0.427. The van der Waals surface area contributed by atoms with Crippen LogP contribution in [0.5, 0.6) is 5.75 Å². The first kappa shape index (κ1) is 16.3. The first-order valence-electron chi connectivity index (χ1n) is 7.98. The maximum Gasteiger partial charge on any atom is 0.261 e. The summed E-state index contributed by atoms with van der Waals surface area (Å²) in [5.41, 5.74) is 2.12. The van der Waals surface area contributed by atoms with Crippen LogP contribution < -0.4 is 15.6 Å². The summed E-state index contributed by atoms with van der Waals surface area (Å²) < 4.78 is 6.70. The summed E-state index contributed by atoms with van der Waals surface area (Å²) in [5, 5.41) is 2.83. The Morgan fingerprint density at radius 2 is 2.04 bits per heavy atom. The molecule has 0 spiro atoms. The van der Waals surface area contributed by atoms with Crippen LogP contribution in [0.2, 0.25) is 0 Å². The Balaban J connectivity index is 1.62. The number of aromatic nitrogens is 2. The van der Waals surface area contributed by atoms with E-state index in [0.717, 1.165) is 22.3 Å². The average molecular weight is 365 g/mol. The summed E-state index contributed by atoms with van der Waals surface area (Å²) >= 11 is 1.19. The summed E-state index contributed by atoms with van der Waals surface area (Å²) in [4.78, 5) is 30.2. The van der Waals surface area contributed by atoms with Crippen LogP contribution in [-0.2, 0) is 6.54 Å². The van der Waals surface area contributed by atoms with Gasteiger partial charge in [0.15, 0.2) is 4.96 Å². The van der Waals surface area contributed by atoms with Gasteiger partial charge in [-0.25, -0.2) is 4.98 Å².